The summed E-state index contributed by atoms with van der Waals surface area (Å²) < 4.78 is 11.3. The molecule has 0 unspecified atom stereocenters. The Bertz CT molecular complexity index is 1150. The second kappa shape index (κ2) is 8.08. The van der Waals surface area contributed by atoms with Gasteiger partial charge in [0, 0.05) is 24.2 Å². The van der Waals surface area contributed by atoms with Crippen LogP contribution in [0.4, 0.5) is 5.95 Å². The molecule has 1 atom stereocenters. The van der Waals surface area contributed by atoms with E-state index >= 15 is 0 Å². The highest BCUT2D eigenvalue weighted by Crippen LogP contribution is 2.35. The van der Waals surface area contributed by atoms with Crippen LogP contribution in [-0.4, -0.2) is 33.1 Å². The predicted molar refractivity (Wildman–Crippen MR) is 116 cm³/mol. The lowest BCUT2D eigenvalue weighted by molar-refractivity contribution is 0.171. The summed E-state index contributed by atoms with van der Waals surface area (Å²) in [5.41, 5.74) is 3.49. The van der Waals surface area contributed by atoms with Crippen molar-refractivity contribution in [2.45, 2.75) is 13.0 Å². The summed E-state index contributed by atoms with van der Waals surface area (Å²) in [4.78, 5) is 19.0. The number of benzene rings is 1. The number of nitrogens with one attached hydrogen (secondary N) is 1. The molecule has 4 aromatic rings. The Labute approximate surface area is 177 Å². The highest BCUT2D eigenvalue weighted by molar-refractivity contribution is 7.13. The van der Waals surface area contributed by atoms with E-state index < -0.39 is 0 Å². The minimum Gasteiger partial charge on any atom is -0.486 e. The van der Waals surface area contributed by atoms with Crippen LogP contribution in [-0.2, 0) is 0 Å². The third-order valence-electron chi connectivity index (χ3n) is 4.79. The van der Waals surface area contributed by atoms with Crippen molar-refractivity contribution in [3.8, 4) is 33.3 Å². The van der Waals surface area contributed by atoms with E-state index in [1.165, 1.54) is 0 Å². The molecule has 1 aromatic carbocycles. The molecular weight excluding hydrogens is 398 g/mol. The van der Waals surface area contributed by atoms with Crippen molar-refractivity contribution >= 4 is 17.3 Å². The minimum absolute atomic E-state index is 0.0145. The Morgan fingerprint density at radius 1 is 1.03 bits per heavy atom. The Balaban J connectivity index is 1.46. The van der Waals surface area contributed by atoms with Crippen molar-refractivity contribution < 1.29 is 9.47 Å². The third kappa shape index (κ3) is 3.69. The van der Waals surface area contributed by atoms with Gasteiger partial charge in [-0.05, 0) is 36.1 Å². The maximum Gasteiger partial charge on any atom is 0.223 e. The van der Waals surface area contributed by atoms with Gasteiger partial charge in [-0.2, -0.15) is 0 Å². The fourth-order valence-electron chi connectivity index (χ4n) is 3.28. The van der Waals surface area contributed by atoms with E-state index in [4.69, 9.17) is 14.5 Å². The Kier molecular flexibility index (Phi) is 4.98. The van der Waals surface area contributed by atoms with Gasteiger partial charge in [0.15, 0.2) is 11.5 Å². The van der Waals surface area contributed by atoms with Crippen LogP contribution in [0.1, 0.15) is 18.5 Å². The zero-order chi connectivity index (χ0) is 20.3. The van der Waals surface area contributed by atoms with Crippen molar-refractivity contribution in [1.82, 2.24) is 19.9 Å². The number of fused-ring (bicyclic) bond motifs is 1. The smallest absolute Gasteiger partial charge is 0.223 e. The number of aromatic nitrogens is 4. The van der Waals surface area contributed by atoms with E-state index in [2.05, 4.69) is 27.2 Å². The number of ether oxygens (including phenoxy) is 2. The number of rotatable bonds is 5. The lowest BCUT2D eigenvalue weighted by atomic mass is 10.1. The summed E-state index contributed by atoms with van der Waals surface area (Å²) in [6, 6.07) is 10.0. The van der Waals surface area contributed by atoms with Gasteiger partial charge in [0.2, 0.25) is 5.95 Å². The Hall–Kier alpha value is -3.52. The highest BCUT2D eigenvalue weighted by atomic mass is 32.1. The van der Waals surface area contributed by atoms with Crippen LogP contribution < -0.4 is 14.8 Å². The van der Waals surface area contributed by atoms with Crippen LogP contribution in [0.25, 0.3) is 21.8 Å². The molecule has 0 radical (unpaired) electrons. The maximum absolute atomic E-state index is 5.70. The largest absolute Gasteiger partial charge is 0.486 e. The van der Waals surface area contributed by atoms with Crippen LogP contribution in [0.2, 0.25) is 0 Å². The highest BCUT2D eigenvalue weighted by Gasteiger charge is 2.17. The Morgan fingerprint density at radius 3 is 2.73 bits per heavy atom. The van der Waals surface area contributed by atoms with Crippen molar-refractivity contribution in [3.05, 3.63) is 66.1 Å². The van der Waals surface area contributed by atoms with Crippen LogP contribution in [0.15, 0.2) is 60.5 Å². The topological polar surface area (TPSA) is 82.1 Å². The molecule has 30 heavy (non-hydrogen) atoms. The first-order chi connectivity index (χ1) is 14.8. The normalized spacial score (nSPS) is 13.6. The lowest BCUT2D eigenvalue weighted by Crippen LogP contribution is -2.16. The zero-order valence-corrected chi connectivity index (χ0v) is 17.1. The summed E-state index contributed by atoms with van der Waals surface area (Å²) >= 11 is 1.63. The summed E-state index contributed by atoms with van der Waals surface area (Å²) in [6.45, 7) is 3.21. The van der Waals surface area contributed by atoms with E-state index in [0.29, 0.717) is 19.2 Å². The van der Waals surface area contributed by atoms with Gasteiger partial charge in [0.05, 0.1) is 28.5 Å². The number of anilines is 1. The monoisotopic (exact) mass is 417 g/mol. The van der Waals surface area contributed by atoms with Crippen LogP contribution in [0.3, 0.4) is 0 Å². The van der Waals surface area contributed by atoms with E-state index in [9.17, 15) is 0 Å². The second-order valence-electron chi connectivity index (χ2n) is 6.79. The van der Waals surface area contributed by atoms with Gasteiger partial charge in [0.25, 0.3) is 0 Å². The molecule has 1 N–H and O–H groups in total. The molecule has 5 rings (SSSR count). The molecule has 7 nitrogen and oxygen atoms in total. The maximum atomic E-state index is 5.70. The molecule has 1 aliphatic rings. The lowest BCUT2D eigenvalue weighted by Gasteiger charge is -2.21. The SMILES string of the molecule is C[C@H](Nc1ncc(-c2cnccn2)c(-c2cccs2)n1)c1ccc2c(c1)OCCO2. The van der Waals surface area contributed by atoms with Crippen molar-refractivity contribution in [2.75, 3.05) is 18.5 Å². The van der Waals surface area contributed by atoms with Gasteiger partial charge in [-0.3, -0.25) is 9.97 Å². The average molecular weight is 417 g/mol. The summed E-state index contributed by atoms with van der Waals surface area (Å²) in [5.74, 6) is 2.10. The minimum atomic E-state index is -0.0145. The zero-order valence-electron chi connectivity index (χ0n) is 16.3. The van der Waals surface area contributed by atoms with Crippen LogP contribution in [0, 0.1) is 0 Å². The van der Waals surface area contributed by atoms with E-state index in [0.717, 1.165) is 38.9 Å². The standard InChI is InChI=1S/C22H19N5O2S/c1-14(15-4-5-18-19(11-15)29-9-8-28-18)26-22-25-12-16(17-13-23-6-7-24-17)21(27-22)20-3-2-10-30-20/h2-7,10-14H,8-9H2,1H3,(H,25,26,27)/t14-/m0/s1. The molecule has 0 aliphatic carbocycles. The average Bonchev–Trinajstić information content (AvgIpc) is 3.34. The molecule has 0 saturated carbocycles. The van der Waals surface area contributed by atoms with Gasteiger partial charge in [-0.1, -0.05) is 12.1 Å². The van der Waals surface area contributed by atoms with Crippen LogP contribution >= 0.6 is 11.3 Å². The van der Waals surface area contributed by atoms with Crippen molar-refractivity contribution in [2.24, 2.45) is 0 Å². The van der Waals surface area contributed by atoms with Crippen molar-refractivity contribution in [3.63, 3.8) is 0 Å². The molecule has 0 saturated heterocycles. The first-order valence-corrected chi connectivity index (χ1v) is 10.5. The number of thiophene rings is 1. The van der Waals surface area contributed by atoms with E-state index in [-0.39, 0.29) is 6.04 Å². The van der Waals surface area contributed by atoms with Crippen LogP contribution in [0.5, 0.6) is 11.5 Å². The van der Waals surface area contributed by atoms with Crippen molar-refractivity contribution in [1.29, 1.82) is 0 Å². The molecule has 0 amide bonds. The van der Waals surface area contributed by atoms with E-state index in [1.807, 2.05) is 35.7 Å². The molecule has 0 spiro atoms. The van der Waals surface area contributed by atoms with Gasteiger partial charge >= 0.3 is 0 Å². The number of hydrogen-bond donors (Lipinski definition) is 1. The number of nitrogens with zero attached hydrogens (tertiary/aromatic N) is 4. The first kappa shape index (κ1) is 18.5. The summed E-state index contributed by atoms with van der Waals surface area (Å²) in [6.07, 6.45) is 6.84. The first-order valence-electron chi connectivity index (χ1n) is 9.61. The molecule has 0 fully saturated rings. The second-order valence-corrected chi connectivity index (χ2v) is 7.74. The molecule has 8 heteroatoms. The molecular formula is C22H19N5O2S. The fraction of sp³-hybridized carbons (Fsp3) is 0.182. The summed E-state index contributed by atoms with van der Waals surface area (Å²) in [7, 11) is 0. The predicted octanol–water partition coefficient (Wildman–Crippen LogP) is 4.61. The fourth-order valence-corrected chi connectivity index (χ4v) is 4.01. The third-order valence-corrected chi connectivity index (χ3v) is 5.67. The van der Waals surface area contributed by atoms with Gasteiger partial charge in [-0.15, -0.1) is 11.3 Å². The summed E-state index contributed by atoms with van der Waals surface area (Å²) in [5, 5.41) is 5.43. The van der Waals surface area contributed by atoms with E-state index in [1.54, 1.807) is 36.1 Å². The Morgan fingerprint density at radius 2 is 1.93 bits per heavy atom. The van der Waals surface area contributed by atoms with Gasteiger partial charge in [-0.25, -0.2) is 9.97 Å². The number of hydrogen-bond acceptors (Lipinski definition) is 8. The van der Waals surface area contributed by atoms with Gasteiger partial charge < -0.3 is 14.8 Å². The molecule has 1 aliphatic heterocycles. The van der Waals surface area contributed by atoms with Gasteiger partial charge in [0.1, 0.15) is 13.2 Å². The molecule has 3 aromatic heterocycles. The molecule has 4 heterocycles. The quantitative estimate of drug-likeness (QED) is 0.508. The molecule has 0 bridgehead atoms. The molecule has 150 valence electrons.